The molecule has 0 saturated carbocycles. The second kappa shape index (κ2) is 8.83. The van der Waals surface area contributed by atoms with Gasteiger partial charge in [0, 0.05) is 61.4 Å². The van der Waals surface area contributed by atoms with Crippen molar-refractivity contribution in [3.05, 3.63) is 46.1 Å². The number of aromatic nitrogens is 2. The van der Waals surface area contributed by atoms with Crippen LogP contribution >= 0.6 is 0 Å². The third kappa shape index (κ3) is 6.20. The Bertz CT molecular complexity index is 971. The Labute approximate surface area is 170 Å². The van der Waals surface area contributed by atoms with Gasteiger partial charge in [-0.2, -0.15) is 0 Å². The summed E-state index contributed by atoms with van der Waals surface area (Å²) in [5.41, 5.74) is 1.56. The molecule has 10 heteroatoms. The number of nitrogens with zero attached hydrogens (tertiary/aromatic N) is 4. The number of rotatable bonds is 7. The largest absolute Gasteiger partial charge is 0.367 e. The Morgan fingerprint density at radius 2 is 1.86 bits per heavy atom. The molecule has 29 heavy (non-hydrogen) atoms. The lowest BCUT2D eigenvalue weighted by Gasteiger charge is -2.32. The van der Waals surface area contributed by atoms with Gasteiger partial charge in [0.15, 0.2) is 5.82 Å². The van der Waals surface area contributed by atoms with Crippen LogP contribution in [0.1, 0.15) is 18.5 Å². The SMILES string of the molecule is Cc1cc(NC2CCN(CCS(C)(=O)=O)CC2)nc(-c2ccc([N+](=O)[O-])cc2)n1. The number of piperidine rings is 1. The topological polar surface area (TPSA) is 118 Å². The molecule has 1 saturated heterocycles. The van der Waals surface area contributed by atoms with Crippen LogP contribution in [0.5, 0.6) is 0 Å². The van der Waals surface area contributed by atoms with E-state index in [1.54, 1.807) is 12.1 Å². The van der Waals surface area contributed by atoms with Crippen LogP contribution in [0.15, 0.2) is 30.3 Å². The number of benzene rings is 1. The van der Waals surface area contributed by atoms with Gasteiger partial charge >= 0.3 is 0 Å². The van der Waals surface area contributed by atoms with Crippen LogP contribution in [0.3, 0.4) is 0 Å². The van der Waals surface area contributed by atoms with Crippen LogP contribution in [0.25, 0.3) is 11.4 Å². The number of nitro benzene ring substituents is 1. The summed E-state index contributed by atoms with van der Waals surface area (Å²) in [6.07, 6.45) is 3.07. The van der Waals surface area contributed by atoms with Crippen molar-refractivity contribution in [3.63, 3.8) is 0 Å². The van der Waals surface area contributed by atoms with E-state index in [9.17, 15) is 18.5 Å². The monoisotopic (exact) mass is 419 g/mol. The van der Waals surface area contributed by atoms with Gasteiger partial charge in [-0.25, -0.2) is 18.4 Å². The Morgan fingerprint density at radius 1 is 1.21 bits per heavy atom. The predicted molar refractivity (Wildman–Crippen MR) is 112 cm³/mol. The van der Waals surface area contributed by atoms with Gasteiger partial charge < -0.3 is 10.2 Å². The molecule has 9 nitrogen and oxygen atoms in total. The predicted octanol–water partition coefficient (Wildman–Crippen LogP) is 2.28. The van der Waals surface area contributed by atoms with E-state index in [0.717, 1.165) is 43.0 Å². The van der Waals surface area contributed by atoms with Gasteiger partial charge in [-0.15, -0.1) is 0 Å². The van der Waals surface area contributed by atoms with Gasteiger partial charge in [0.05, 0.1) is 10.7 Å². The van der Waals surface area contributed by atoms with Crippen LogP contribution in [-0.4, -0.2) is 65.9 Å². The Balaban J connectivity index is 1.63. The maximum Gasteiger partial charge on any atom is 0.269 e. The fourth-order valence-electron chi connectivity index (χ4n) is 3.31. The number of likely N-dealkylation sites (tertiary alicyclic amines) is 1. The van der Waals surface area contributed by atoms with Gasteiger partial charge in [-0.3, -0.25) is 10.1 Å². The van der Waals surface area contributed by atoms with Crippen molar-refractivity contribution in [2.45, 2.75) is 25.8 Å². The molecule has 3 rings (SSSR count). The molecule has 0 atom stereocenters. The molecular formula is C19H25N5O4S. The first kappa shape index (κ1) is 21.1. The zero-order valence-corrected chi connectivity index (χ0v) is 17.4. The van der Waals surface area contributed by atoms with Crippen LogP contribution in [-0.2, 0) is 9.84 Å². The number of non-ortho nitro benzene ring substituents is 1. The van der Waals surface area contributed by atoms with Gasteiger partial charge in [-0.05, 0) is 31.9 Å². The van der Waals surface area contributed by atoms with E-state index in [2.05, 4.69) is 20.2 Å². The molecule has 1 aliphatic heterocycles. The first-order valence-corrected chi connectivity index (χ1v) is 11.5. The minimum absolute atomic E-state index is 0.0300. The van der Waals surface area contributed by atoms with Crippen LogP contribution in [0.4, 0.5) is 11.5 Å². The lowest BCUT2D eigenvalue weighted by molar-refractivity contribution is -0.384. The summed E-state index contributed by atoms with van der Waals surface area (Å²) < 4.78 is 22.7. The number of sulfone groups is 1. The van der Waals surface area contributed by atoms with Crippen LogP contribution in [0, 0.1) is 17.0 Å². The molecule has 1 aromatic heterocycles. The molecule has 0 spiro atoms. The Morgan fingerprint density at radius 3 is 2.45 bits per heavy atom. The van der Waals surface area contributed by atoms with Gasteiger partial charge in [0.25, 0.3) is 5.69 Å². The first-order chi connectivity index (χ1) is 13.7. The summed E-state index contributed by atoms with van der Waals surface area (Å²) in [6.45, 7) is 4.14. The van der Waals surface area contributed by atoms with E-state index >= 15 is 0 Å². The number of aryl methyl sites for hydroxylation is 1. The Kier molecular flexibility index (Phi) is 6.43. The highest BCUT2D eigenvalue weighted by atomic mass is 32.2. The molecule has 0 bridgehead atoms. The Hall–Kier alpha value is -2.59. The maximum absolute atomic E-state index is 11.3. The highest BCUT2D eigenvalue weighted by molar-refractivity contribution is 7.90. The molecule has 0 amide bonds. The van der Waals surface area contributed by atoms with Crippen LogP contribution < -0.4 is 5.32 Å². The van der Waals surface area contributed by atoms with Crippen molar-refractivity contribution >= 4 is 21.3 Å². The third-order valence-corrected chi connectivity index (χ3v) is 5.83. The van der Waals surface area contributed by atoms with E-state index in [1.807, 2.05) is 13.0 Å². The molecule has 0 aliphatic carbocycles. The zero-order chi connectivity index (χ0) is 21.0. The zero-order valence-electron chi connectivity index (χ0n) is 16.5. The fraction of sp³-hybridized carbons (Fsp3) is 0.474. The number of hydrogen-bond acceptors (Lipinski definition) is 8. The highest BCUT2D eigenvalue weighted by Gasteiger charge is 2.20. The standard InChI is InChI=1S/C19H25N5O4S/c1-14-13-18(21-16-7-9-23(10-8-16)11-12-29(2,27)28)22-19(20-14)15-3-5-17(6-4-15)24(25)26/h3-6,13,16H,7-12H2,1-2H3,(H,20,21,22). The summed E-state index contributed by atoms with van der Waals surface area (Å²) in [5, 5.41) is 14.3. The highest BCUT2D eigenvalue weighted by Crippen LogP contribution is 2.22. The summed E-state index contributed by atoms with van der Waals surface area (Å²) in [5.74, 6) is 1.43. The lowest BCUT2D eigenvalue weighted by atomic mass is 10.1. The number of nitrogens with one attached hydrogen (secondary N) is 1. The van der Waals surface area contributed by atoms with Crippen molar-refractivity contribution in [1.82, 2.24) is 14.9 Å². The van der Waals surface area contributed by atoms with E-state index < -0.39 is 14.8 Å². The van der Waals surface area contributed by atoms with Crippen LogP contribution in [0.2, 0.25) is 0 Å². The minimum Gasteiger partial charge on any atom is -0.367 e. The molecular weight excluding hydrogens is 394 g/mol. The first-order valence-electron chi connectivity index (χ1n) is 9.47. The third-order valence-electron chi connectivity index (χ3n) is 4.91. The van der Waals surface area contributed by atoms with Gasteiger partial charge in [0.1, 0.15) is 15.7 Å². The van der Waals surface area contributed by atoms with Gasteiger partial charge in [-0.1, -0.05) is 0 Å². The molecule has 0 unspecified atom stereocenters. The molecule has 1 fully saturated rings. The smallest absolute Gasteiger partial charge is 0.269 e. The molecule has 2 heterocycles. The number of nitro groups is 1. The van der Waals surface area contributed by atoms with E-state index in [1.165, 1.54) is 18.4 Å². The summed E-state index contributed by atoms with van der Waals surface area (Å²) in [6, 6.07) is 8.32. The molecule has 1 aliphatic rings. The fourth-order valence-corrected chi connectivity index (χ4v) is 3.90. The van der Waals surface area contributed by atoms with Crippen molar-refractivity contribution in [2.24, 2.45) is 0 Å². The molecule has 1 aromatic carbocycles. The van der Waals surface area contributed by atoms with E-state index in [-0.39, 0.29) is 17.5 Å². The summed E-state index contributed by atoms with van der Waals surface area (Å²) >= 11 is 0. The van der Waals surface area contributed by atoms with E-state index in [4.69, 9.17) is 0 Å². The maximum atomic E-state index is 11.3. The minimum atomic E-state index is -2.94. The second-order valence-corrected chi connectivity index (χ2v) is 9.67. The average Bonchev–Trinajstić information content (AvgIpc) is 2.66. The summed E-state index contributed by atoms with van der Waals surface area (Å²) in [7, 11) is -2.94. The average molecular weight is 420 g/mol. The summed E-state index contributed by atoms with van der Waals surface area (Å²) in [4.78, 5) is 21.6. The quantitative estimate of drug-likeness (QED) is 0.536. The second-order valence-electron chi connectivity index (χ2n) is 7.41. The molecule has 1 N–H and O–H groups in total. The normalized spacial score (nSPS) is 15.9. The van der Waals surface area contributed by atoms with E-state index in [0.29, 0.717) is 12.4 Å². The van der Waals surface area contributed by atoms with Crippen molar-refractivity contribution < 1.29 is 13.3 Å². The molecule has 2 aromatic rings. The number of hydrogen-bond donors (Lipinski definition) is 1. The molecule has 0 radical (unpaired) electrons. The van der Waals surface area contributed by atoms with Crippen molar-refractivity contribution in [2.75, 3.05) is 37.0 Å². The van der Waals surface area contributed by atoms with Crippen molar-refractivity contribution in [1.29, 1.82) is 0 Å². The number of anilines is 1. The molecule has 156 valence electrons. The lowest BCUT2D eigenvalue weighted by Crippen LogP contribution is -2.41. The van der Waals surface area contributed by atoms with Crippen molar-refractivity contribution in [3.8, 4) is 11.4 Å². The van der Waals surface area contributed by atoms with Gasteiger partial charge in [0.2, 0.25) is 0 Å².